The van der Waals surface area contributed by atoms with Gasteiger partial charge < -0.3 is 10.3 Å². The van der Waals surface area contributed by atoms with E-state index in [1.807, 2.05) is 0 Å². The Hall–Kier alpha value is -2.38. The van der Waals surface area contributed by atoms with Crippen molar-refractivity contribution in [1.29, 1.82) is 0 Å². The molecule has 0 unspecified atom stereocenters. The fourth-order valence-electron chi connectivity index (χ4n) is 1.63. The van der Waals surface area contributed by atoms with Crippen molar-refractivity contribution in [1.82, 2.24) is 10.3 Å². The average Bonchev–Trinajstić information content (AvgIpc) is 2.36. The average molecular weight is 288 g/mol. The SMILES string of the molecule is O=C(NCC(F)(F)F)c1cc(=O)c2cccc(F)c2[nH]1. The molecule has 2 N–H and O–H groups in total. The zero-order valence-electron chi connectivity index (χ0n) is 9.84. The van der Waals surface area contributed by atoms with Gasteiger partial charge in [0, 0.05) is 11.5 Å². The number of halogens is 4. The Balaban J connectivity index is 2.39. The van der Waals surface area contributed by atoms with Crippen molar-refractivity contribution in [2.75, 3.05) is 6.54 Å². The molecule has 2 rings (SSSR count). The highest BCUT2D eigenvalue weighted by molar-refractivity contribution is 5.94. The number of carbonyl (C=O) groups is 1. The van der Waals surface area contributed by atoms with Crippen LogP contribution in [0.4, 0.5) is 17.6 Å². The molecule has 0 saturated carbocycles. The van der Waals surface area contributed by atoms with E-state index in [1.54, 1.807) is 5.32 Å². The van der Waals surface area contributed by atoms with Gasteiger partial charge in [-0.1, -0.05) is 6.07 Å². The first-order chi connectivity index (χ1) is 9.28. The van der Waals surface area contributed by atoms with Crippen LogP contribution in [0.25, 0.3) is 10.9 Å². The first-order valence-corrected chi connectivity index (χ1v) is 5.44. The number of H-pyrrole nitrogens is 1. The summed E-state index contributed by atoms with van der Waals surface area (Å²) >= 11 is 0. The number of fused-ring (bicyclic) bond motifs is 1. The molecule has 0 aliphatic heterocycles. The minimum Gasteiger partial charge on any atom is -0.348 e. The highest BCUT2D eigenvalue weighted by Gasteiger charge is 2.28. The lowest BCUT2D eigenvalue weighted by atomic mass is 10.2. The molecule has 0 radical (unpaired) electrons. The second-order valence-corrected chi connectivity index (χ2v) is 4.01. The normalized spacial score (nSPS) is 11.6. The number of carbonyl (C=O) groups excluding carboxylic acids is 1. The first-order valence-electron chi connectivity index (χ1n) is 5.44. The molecule has 106 valence electrons. The van der Waals surface area contributed by atoms with E-state index in [9.17, 15) is 27.2 Å². The third-order valence-electron chi connectivity index (χ3n) is 2.51. The Morgan fingerprint density at radius 1 is 1.30 bits per heavy atom. The number of alkyl halides is 3. The molecule has 1 heterocycles. The van der Waals surface area contributed by atoms with Gasteiger partial charge in [-0.3, -0.25) is 9.59 Å². The van der Waals surface area contributed by atoms with Gasteiger partial charge in [0.15, 0.2) is 5.43 Å². The van der Waals surface area contributed by atoms with Crippen LogP contribution in [0.3, 0.4) is 0 Å². The topological polar surface area (TPSA) is 62.0 Å². The lowest BCUT2D eigenvalue weighted by Gasteiger charge is -2.09. The van der Waals surface area contributed by atoms with E-state index in [0.717, 1.165) is 12.1 Å². The highest BCUT2D eigenvalue weighted by Crippen LogP contribution is 2.14. The van der Waals surface area contributed by atoms with Gasteiger partial charge in [-0.2, -0.15) is 13.2 Å². The summed E-state index contributed by atoms with van der Waals surface area (Å²) in [6, 6.07) is 4.55. The predicted octanol–water partition coefficient (Wildman–Crippen LogP) is 1.96. The fraction of sp³-hybridized carbons (Fsp3) is 0.167. The van der Waals surface area contributed by atoms with Crippen molar-refractivity contribution in [2.24, 2.45) is 0 Å². The van der Waals surface area contributed by atoms with Gasteiger partial charge in [0.1, 0.15) is 18.1 Å². The Morgan fingerprint density at radius 3 is 2.65 bits per heavy atom. The van der Waals surface area contributed by atoms with Crippen LogP contribution in [0.5, 0.6) is 0 Å². The minimum absolute atomic E-state index is 0.0115. The van der Waals surface area contributed by atoms with Crippen LogP contribution in [-0.2, 0) is 0 Å². The summed E-state index contributed by atoms with van der Waals surface area (Å²) in [6.45, 7) is -1.54. The molecule has 0 spiro atoms. The van der Waals surface area contributed by atoms with Gasteiger partial charge in [0.25, 0.3) is 5.91 Å². The van der Waals surface area contributed by atoms with E-state index >= 15 is 0 Å². The Morgan fingerprint density at radius 2 is 2.00 bits per heavy atom. The molecular weight excluding hydrogens is 280 g/mol. The number of para-hydroxylation sites is 1. The molecule has 0 saturated heterocycles. The van der Waals surface area contributed by atoms with Crippen molar-refractivity contribution in [3.05, 3.63) is 46.0 Å². The summed E-state index contributed by atoms with van der Waals surface area (Å²) in [4.78, 5) is 25.5. The number of hydrogen-bond donors (Lipinski definition) is 2. The fourth-order valence-corrected chi connectivity index (χ4v) is 1.63. The van der Waals surface area contributed by atoms with Gasteiger partial charge in [0.2, 0.25) is 0 Å². The van der Waals surface area contributed by atoms with Gasteiger partial charge in [-0.15, -0.1) is 0 Å². The quantitative estimate of drug-likeness (QED) is 0.830. The zero-order chi connectivity index (χ0) is 14.9. The van der Waals surface area contributed by atoms with Crippen molar-refractivity contribution in [3.63, 3.8) is 0 Å². The minimum atomic E-state index is -4.57. The van der Waals surface area contributed by atoms with E-state index in [0.29, 0.717) is 0 Å². The van der Waals surface area contributed by atoms with E-state index in [2.05, 4.69) is 4.98 Å². The van der Waals surface area contributed by atoms with Crippen LogP contribution in [0.2, 0.25) is 0 Å². The van der Waals surface area contributed by atoms with Crippen LogP contribution in [-0.4, -0.2) is 23.6 Å². The maximum absolute atomic E-state index is 13.5. The van der Waals surface area contributed by atoms with Gasteiger partial charge >= 0.3 is 6.18 Å². The van der Waals surface area contributed by atoms with E-state index < -0.39 is 35.6 Å². The number of pyridine rings is 1. The largest absolute Gasteiger partial charge is 0.405 e. The van der Waals surface area contributed by atoms with Gasteiger partial charge in [-0.25, -0.2) is 4.39 Å². The molecule has 20 heavy (non-hydrogen) atoms. The van der Waals surface area contributed by atoms with Crippen LogP contribution >= 0.6 is 0 Å². The summed E-state index contributed by atoms with van der Waals surface area (Å²) in [5, 5.41) is 1.61. The van der Waals surface area contributed by atoms with Crippen LogP contribution in [0.1, 0.15) is 10.5 Å². The molecule has 1 aromatic carbocycles. The number of benzene rings is 1. The third-order valence-corrected chi connectivity index (χ3v) is 2.51. The van der Waals surface area contributed by atoms with Crippen molar-refractivity contribution < 1.29 is 22.4 Å². The molecule has 0 atom stereocenters. The molecule has 8 heteroatoms. The smallest absolute Gasteiger partial charge is 0.348 e. The number of hydrogen-bond acceptors (Lipinski definition) is 2. The number of amides is 1. The Labute approximate surface area is 109 Å². The summed E-state index contributed by atoms with van der Waals surface area (Å²) in [5.74, 6) is -1.91. The lowest BCUT2D eigenvalue weighted by molar-refractivity contribution is -0.123. The summed E-state index contributed by atoms with van der Waals surface area (Å²) in [7, 11) is 0. The standard InChI is InChI=1S/C12H8F4N2O2/c13-7-3-1-2-6-9(19)4-8(18-10(6)7)11(20)17-5-12(14,15)16/h1-4H,5H2,(H,17,20)(H,18,19). The second kappa shape index (κ2) is 4.95. The molecule has 4 nitrogen and oxygen atoms in total. The Kier molecular flexibility index (Phi) is 3.47. The number of rotatable bonds is 2. The first kappa shape index (κ1) is 14.0. The summed E-state index contributed by atoms with van der Waals surface area (Å²) < 4.78 is 49.4. The zero-order valence-corrected chi connectivity index (χ0v) is 9.84. The van der Waals surface area contributed by atoms with Crippen LogP contribution in [0, 0.1) is 5.82 Å². The van der Waals surface area contributed by atoms with Gasteiger partial charge in [0.05, 0.1) is 5.52 Å². The van der Waals surface area contributed by atoms with Crippen molar-refractivity contribution in [2.45, 2.75) is 6.18 Å². The molecule has 1 aromatic heterocycles. The molecule has 0 fully saturated rings. The number of nitrogens with one attached hydrogen (secondary N) is 2. The highest BCUT2D eigenvalue weighted by atomic mass is 19.4. The third kappa shape index (κ3) is 2.95. The predicted molar refractivity (Wildman–Crippen MR) is 62.9 cm³/mol. The lowest BCUT2D eigenvalue weighted by Crippen LogP contribution is -2.34. The van der Waals surface area contributed by atoms with Gasteiger partial charge in [-0.05, 0) is 12.1 Å². The van der Waals surface area contributed by atoms with Crippen LogP contribution < -0.4 is 10.7 Å². The van der Waals surface area contributed by atoms with E-state index in [-0.39, 0.29) is 10.9 Å². The molecule has 0 aliphatic rings. The summed E-state index contributed by atoms with van der Waals surface area (Å²) in [5.41, 5.74) is -1.32. The van der Waals surface area contributed by atoms with E-state index in [1.165, 1.54) is 12.1 Å². The van der Waals surface area contributed by atoms with E-state index in [4.69, 9.17) is 0 Å². The summed E-state index contributed by atoms with van der Waals surface area (Å²) in [6.07, 6.45) is -4.57. The molecule has 2 aromatic rings. The molecule has 0 aliphatic carbocycles. The molecule has 0 bridgehead atoms. The maximum atomic E-state index is 13.5. The number of aromatic nitrogens is 1. The molecular formula is C12H8F4N2O2. The maximum Gasteiger partial charge on any atom is 0.405 e. The Bertz CT molecular complexity index is 721. The molecule has 1 amide bonds. The monoisotopic (exact) mass is 288 g/mol. The van der Waals surface area contributed by atoms with Crippen molar-refractivity contribution in [3.8, 4) is 0 Å². The number of aromatic amines is 1. The van der Waals surface area contributed by atoms with Crippen molar-refractivity contribution >= 4 is 16.8 Å². The second-order valence-electron chi connectivity index (χ2n) is 4.01. The van der Waals surface area contributed by atoms with Crippen LogP contribution in [0.15, 0.2) is 29.1 Å².